The molecule has 0 aliphatic heterocycles. The zero-order valence-corrected chi connectivity index (χ0v) is 8.29. The average molecular weight is 215 g/mol. The van der Waals surface area contributed by atoms with E-state index in [2.05, 4.69) is 15.3 Å². The van der Waals surface area contributed by atoms with E-state index in [1.807, 2.05) is 0 Å². The molecular weight excluding hydrogens is 206 g/mol. The van der Waals surface area contributed by atoms with Gasteiger partial charge >= 0.3 is 5.97 Å². The van der Waals surface area contributed by atoms with Crippen LogP contribution in [0.15, 0.2) is 43.0 Å². The number of aromatic nitrogens is 2. The molecule has 0 aliphatic rings. The minimum atomic E-state index is -0.951. The van der Waals surface area contributed by atoms with Crippen LogP contribution >= 0.6 is 0 Å². The van der Waals surface area contributed by atoms with Gasteiger partial charge in [0, 0.05) is 5.69 Å². The Bertz CT molecular complexity index is 500. The third kappa shape index (κ3) is 2.33. The monoisotopic (exact) mass is 215 g/mol. The largest absolute Gasteiger partial charge is 0.478 e. The lowest BCUT2D eigenvalue weighted by atomic mass is 10.2. The van der Waals surface area contributed by atoms with Crippen molar-refractivity contribution in [3.05, 3.63) is 48.5 Å². The van der Waals surface area contributed by atoms with Crippen molar-refractivity contribution in [3.8, 4) is 0 Å². The molecule has 0 saturated carbocycles. The summed E-state index contributed by atoms with van der Waals surface area (Å²) < 4.78 is 0. The average Bonchev–Trinajstić information content (AvgIpc) is 2.30. The number of hydrogen-bond acceptors (Lipinski definition) is 4. The van der Waals surface area contributed by atoms with Crippen molar-refractivity contribution in [3.63, 3.8) is 0 Å². The Hall–Kier alpha value is -2.43. The number of nitrogens with zero attached hydrogens (tertiary/aromatic N) is 2. The van der Waals surface area contributed by atoms with Crippen LogP contribution in [0, 0.1) is 0 Å². The zero-order valence-electron chi connectivity index (χ0n) is 8.29. The van der Waals surface area contributed by atoms with Gasteiger partial charge in [0.15, 0.2) is 0 Å². The highest BCUT2D eigenvalue weighted by atomic mass is 16.4. The van der Waals surface area contributed by atoms with Crippen LogP contribution in [0.1, 0.15) is 10.4 Å². The van der Waals surface area contributed by atoms with Crippen molar-refractivity contribution in [1.82, 2.24) is 9.97 Å². The van der Waals surface area contributed by atoms with E-state index in [9.17, 15) is 4.79 Å². The predicted molar refractivity (Wildman–Crippen MR) is 58.7 cm³/mol. The maximum absolute atomic E-state index is 10.8. The fourth-order valence-electron chi connectivity index (χ4n) is 1.26. The molecule has 1 heterocycles. The van der Waals surface area contributed by atoms with Crippen LogP contribution < -0.4 is 5.32 Å². The molecule has 1 aromatic heterocycles. The third-order valence-corrected chi connectivity index (χ3v) is 1.96. The fraction of sp³-hybridized carbons (Fsp3) is 0. The van der Waals surface area contributed by atoms with Crippen LogP contribution in [0.2, 0.25) is 0 Å². The van der Waals surface area contributed by atoms with Gasteiger partial charge in [-0.15, -0.1) is 0 Å². The molecule has 0 unspecified atom stereocenters. The highest BCUT2D eigenvalue weighted by Crippen LogP contribution is 2.15. The summed E-state index contributed by atoms with van der Waals surface area (Å²) in [5.74, 6) is -0.951. The van der Waals surface area contributed by atoms with Gasteiger partial charge in [0.25, 0.3) is 0 Å². The Labute approximate surface area is 91.8 Å². The summed E-state index contributed by atoms with van der Waals surface area (Å²) >= 11 is 0. The van der Waals surface area contributed by atoms with Crippen LogP contribution in [-0.4, -0.2) is 21.0 Å². The zero-order chi connectivity index (χ0) is 11.4. The molecule has 0 fully saturated rings. The van der Waals surface area contributed by atoms with E-state index in [-0.39, 0.29) is 5.56 Å². The van der Waals surface area contributed by atoms with Gasteiger partial charge in [0.05, 0.1) is 23.6 Å². The maximum Gasteiger partial charge on any atom is 0.335 e. The Morgan fingerprint density at radius 2 is 1.94 bits per heavy atom. The Morgan fingerprint density at radius 1 is 1.19 bits per heavy atom. The van der Waals surface area contributed by atoms with E-state index in [4.69, 9.17) is 5.11 Å². The van der Waals surface area contributed by atoms with Crippen LogP contribution in [-0.2, 0) is 0 Å². The van der Waals surface area contributed by atoms with Gasteiger partial charge in [-0.2, -0.15) is 0 Å². The van der Waals surface area contributed by atoms with Gasteiger partial charge in [-0.05, 0) is 18.2 Å². The SMILES string of the molecule is O=C(O)c1cccc(Nc2cncnc2)c1. The summed E-state index contributed by atoms with van der Waals surface area (Å²) in [6.07, 6.45) is 4.65. The van der Waals surface area contributed by atoms with Crippen molar-refractivity contribution in [1.29, 1.82) is 0 Å². The molecule has 0 aliphatic carbocycles. The molecule has 0 radical (unpaired) electrons. The van der Waals surface area contributed by atoms with Gasteiger partial charge in [-0.1, -0.05) is 6.07 Å². The first-order chi connectivity index (χ1) is 7.75. The molecule has 0 bridgehead atoms. The number of benzene rings is 1. The fourth-order valence-corrected chi connectivity index (χ4v) is 1.26. The maximum atomic E-state index is 10.8. The third-order valence-electron chi connectivity index (χ3n) is 1.96. The summed E-state index contributed by atoms with van der Waals surface area (Å²) in [4.78, 5) is 18.5. The second kappa shape index (κ2) is 4.39. The van der Waals surface area contributed by atoms with E-state index in [1.165, 1.54) is 12.4 Å². The molecular formula is C11H9N3O2. The second-order valence-electron chi connectivity index (χ2n) is 3.14. The standard InChI is InChI=1S/C11H9N3O2/c15-11(16)8-2-1-3-9(4-8)14-10-5-12-7-13-6-10/h1-7,14H,(H,15,16). The summed E-state index contributed by atoms with van der Waals surface area (Å²) in [6.45, 7) is 0. The number of aromatic carboxylic acids is 1. The summed E-state index contributed by atoms with van der Waals surface area (Å²) in [5.41, 5.74) is 1.64. The van der Waals surface area contributed by atoms with E-state index >= 15 is 0 Å². The van der Waals surface area contributed by atoms with Crippen LogP contribution in [0.25, 0.3) is 0 Å². The van der Waals surface area contributed by atoms with Gasteiger partial charge in [-0.25, -0.2) is 14.8 Å². The van der Waals surface area contributed by atoms with E-state index in [0.29, 0.717) is 11.4 Å². The van der Waals surface area contributed by atoms with Gasteiger partial charge in [0.2, 0.25) is 0 Å². The number of anilines is 2. The van der Waals surface area contributed by atoms with Crippen molar-refractivity contribution in [2.24, 2.45) is 0 Å². The topological polar surface area (TPSA) is 75.1 Å². The molecule has 16 heavy (non-hydrogen) atoms. The molecule has 0 saturated heterocycles. The Morgan fingerprint density at radius 3 is 2.62 bits per heavy atom. The summed E-state index contributed by atoms with van der Waals surface area (Å²) in [5, 5.41) is 11.8. The normalized spacial score (nSPS) is 9.75. The summed E-state index contributed by atoms with van der Waals surface area (Å²) in [6, 6.07) is 6.54. The van der Waals surface area contributed by atoms with Crippen molar-refractivity contribution < 1.29 is 9.90 Å². The van der Waals surface area contributed by atoms with Crippen molar-refractivity contribution in [2.75, 3.05) is 5.32 Å². The minimum absolute atomic E-state index is 0.238. The molecule has 80 valence electrons. The molecule has 2 N–H and O–H groups in total. The lowest BCUT2D eigenvalue weighted by molar-refractivity contribution is 0.0697. The first-order valence-corrected chi connectivity index (χ1v) is 4.61. The minimum Gasteiger partial charge on any atom is -0.478 e. The first kappa shape index (κ1) is 10.1. The van der Waals surface area contributed by atoms with Crippen molar-refractivity contribution in [2.45, 2.75) is 0 Å². The van der Waals surface area contributed by atoms with Crippen LogP contribution in [0.4, 0.5) is 11.4 Å². The molecule has 2 aromatic rings. The van der Waals surface area contributed by atoms with Gasteiger partial charge < -0.3 is 10.4 Å². The second-order valence-corrected chi connectivity index (χ2v) is 3.14. The molecule has 5 nitrogen and oxygen atoms in total. The van der Waals surface area contributed by atoms with Crippen LogP contribution in [0.5, 0.6) is 0 Å². The highest BCUT2D eigenvalue weighted by Gasteiger charge is 2.03. The summed E-state index contributed by atoms with van der Waals surface area (Å²) in [7, 11) is 0. The number of carboxylic acids is 1. The molecule has 0 atom stereocenters. The Kier molecular flexibility index (Phi) is 2.77. The molecule has 2 rings (SSSR count). The van der Waals surface area contributed by atoms with E-state index in [1.54, 1.807) is 30.6 Å². The highest BCUT2D eigenvalue weighted by molar-refractivity contribution is 5.89. The van der Waals surface area contributed by atoms with Crippen LogP contribution in [0.3, 0.4) is 0 Å². The molecule has 1 aromatic carbocycles. The molecule has 0 spiro atoms. The first-order valence-electron chi connectivity index (χ1n) is 4.61. The lowest BCUT2D eigenvalue weighted by Crippen LogP contribution is -1.98. The number of nitrogens with one attached hydrogen (secondary N) is 1. The predicted octanol–water partition coefficient (Wildman–Crippen LogP) is 1.92. The number of carbonyl (C=O) groups is 1. The quantitative estimate of drug-likeness (QED) is 0.818. The number of rotatable bonds is 3. The number of carboxylic acid groups (broad SMARTS) is 1. The lowest BCUT2D eigenvalue weighted by Gasteiger charge is -2.05. The van der Waals surface area contributed by atoms with Crippen molar-refractivity contribution >= 4 is 17.3 Å². The molecule has 5 heteroatoms. The van der Waals surface area contributed by atoms with E-state index < -0.39 is 5.97 Å². The van der Waals surface area contributed by atoms with E-state index in [0.717, 1.165) is 0 Å². The Balaban J connectivity index is 2.22. The smallest absolute Gasteiger partial charge is 0.335 e. The number of hydrogen-bond donors (Lipinski definition) is 2. The van der Waals surface area contributed by atoms with Gasteiger partial charge in [0.1, 0.15) is 6.33 Å². The molecule has 0 amide bonds. The van der Waals surface area contributed by atoms with Gasteiger partial charge in [-0.3, -0.25) is 0 Å².